The Hall–Kier alpha value is -4.37. The van der Waals surface area contributed by atoms with Crippen molar-refractivity contribution in [2.24, 2.45) is 0 Å². The Morgan fingerprint density at radius 1 is 1.00 bits per heavy atom. The SMILES string of the molecule is Cc1ccc(-n2ncc3c(=O)n4c(nc32)SCC4CC(=O)Nc2ccc(Nc3ccccc3)cc2)c(C)c1. The van der Waals surface area contributed by atoms with Crippen LogP contribution in [0.3, 0.4) is 0 Å². The highest BCUT2D eigenvalue weighted by molar-refractivity contribution is 7.99. The van der Waals surface area contributed by atoms with Crippen molar-refractivity contribution in [3.8, 4) is 5.69 Å². The van der Waals surface area contributed by atoms with Gasteiger partial charge in [0.05, 0.1) is 17.9 Å². The van der Waals surface area contributed by atoms with Gasteiger partial charge in [0.25, 0.3) is 5.56 Å². The fourth-order valence-corrected chi connectivity index (χ4v) is 5.88. The number of nitrogens with one attached hydrogen (secondary N) is 2. The number of amides is 1. The Morgan fingerprint density at radius 3 is 2.50 bits per heavy atom. The largest absolute Gasteiger partial charge is 0.356 e. The molecule has 2 N–H and O–H groups in total. The van der Waals surface area contributed by atoms with Gasteiger partial charge in [0.15, 0.2) is 10.8 Å². The summed E-state index contributed by atoms with van der Waals surface area (Å²) >= 11 is 1.49. The molecule has 190 valence electrons. The molecule has 5 aromatic rings. The van der Waals surface area contributed by atoms with E-state index in [1.165, 1.54) is 11.8 Å². The van der Waals surface area contributed by atoms with E-state index in [2.05, 4.69) is 21.8 Å². The summed E-state index contributed by atoms with van der Waals surface area (Å²) in [5.74, 6) is 0.462. The number of hydrogen-bond donors (Lipinski definition) is 2. The molecular formula is C29H26N6O2S. The zero-order valence-electron chi connectivity index (χ0n) is 21.0. The highest BCUT2D eigenvalue weighted by Crippen LogP contribution is 2.34. The molecule has 3 aromatic carbocycles. The molecule has 0 saturated carbocycles. The number of benzene rings is 3. The average Bonchev–Trinajstić information content (AvgIpc) is 3.51. The van der Waals surface area contributed by atoms with Crippen LogP contribution in [0, 0.1) is 13.8 Å². The summed E-state index contributed by atoms with van der Waals surface area (Å²) in [6.45, 7) is 4.06. The summed E-state index contributed by atoms with van der Waals surface area (Å²) in [6.07, 6.45) is 1.75. The van der Waals surface area contributed by atoms with E-state index in [-0.39, 0.29) is 23.9 Å². The summed E-state index contributed by atoms with van der Waals surface area (Å²) in [5.41, 5.74) is 6.11. The number of carbonyl (C=O) groups excluding carboxylic acids is 1. The predicted octanol–water partition coefficient (Wildman–Crippen LogP) is 5.62. The van der Waals surface area contributed by atoms with Crippen LogP contribution in [0.25, 0.3) is 16.7 Å². The average molecular weight is 523 g/mol. The van der Waals surface area contributed by atoms with Crippen LogP contribution >= 0.6 is 11.8 Å². The van der Waals surface area contributed by atoms with Crippen molar-refractivity contribution in [2.45, 2.75) is 31.5 Å². The smallest absolute Gasteiger partial charge is 0.265 e. The number of para-hydroxylation sites is 1. The fourth-order valence-electron chi connectivity index (χ4n) is 4.75. The molecule has 0 aliphatic carbocycles. The monoisotopic (exact) mass is 522 g/mol. The first kappa shape index (κ1) is 24.0. The maximum Gasteiger partial charge on any atom is 0.265 e. The van der Waals surface area contributed by atoms with Gasteiger partial charge in [-0.1, -0.05) is 47.7 Å². The zero-order chi connectivity index (χ0) is 26.2. The van der Waals surface area contributed by atoms with E-state index < -0.39 is 0 Å². The highest BCUT2D eigenvalue weighted by atomic mass is 32.2. The third-order valence-electron chi connectivity index (χ3n) is 6.60. The van der Waals surface area contributed by atoms with Crippen molar-refractivity contribution < 1.29 is 4.79 Å². The Balaban J connectivity index is 1.19. The lowest BCUT2D eigenvalue weighted by molar-refractivity contribution is -0.116. The quantitative estimate of drug-likeness (QED) is 0.281. The number of fused-ring (bicyclic) bond motifs is 2. The number of nitrogens with zero attached hydrogens (tertiary/aromatic N) is 4. The van der Waals surface area contributed by atoms with Crippen LogP contribution in [-0.2, 0) is 4.79 Å². The molecule has 1 atom stereocenters. The molecular weight excluding hydrogens is 496 g/mol. The van der Waals surface area contributed by atoms with E-state index in [9.17, 15) is 9.59 Å². The van der Waals surface area contributed by atoms with Gasteiger partial charge in [-0.05, 0) is 61.9 Å². The number of hydrogen-bond acceptors (Lipinski definition) is 6. The lowest BCUT2D eigenvalue weighted by atomic mass is 10.1. The molecule has 2 aromatic heterocycles. The summed E-state index contributed by atoms with van der Waals surface area (Å²) in [6, 6.07) is 23.3. The fraction of sp³-hybridized carbons (Fsp3) is 0.172. The Bertz CT molecular complexity index is 1710. The van der Waals surface area contributed by atoms with Crippen molar-refractivity contribution in [1.82, 2.24) is 19.3 Å². The molecule has 0 radical (unpaired) electrons. The third kappa shape index (κ3) is 4.56. The van der Waals surface area contributed by atoms with Gasteiger partial charge in [-0.3, -0.25) is 14.2 Å². The second kappa shape index (κ2) is 9.83. The van der Waals surface area contributed by atoms with E-state index in [1.807, 2.05) is 80.6 Å². The first-order valence-electron chi connectivity index (χ1n) is 12.4. The van der Waals surface area contributed by atoms with Gasteiger partial charge in [-0.2, -0.15) is 5.10 Å². The van der Waals surface area contributed by atoms with Crippen molar-refractivity contribution in [2.75, 3.05) is 16.4 Å². The van der Waals surface area contributed by atoms with Crippen molar-refractivity contribution in [1.29, 1.82) is 0 Å². The van der Waals surface area contributed by atoms with Gasteiger partial charge in [0, 0.05) is 29.2 Å². The van der Waals surface area contributed by atoms with Crippen LogP contribution < -0.4 is 16.2 Å². The van der Waals surface area contributed by atoms with Crippen LogP contribution in [-0.4, -0.2) is 31.0 Å². The van der Waals surface area contributed by atoms with Crippen LogP contribution in [0.5, 0.6) is 0 Å². The maximum atomic E-state index is 13.5. The van der Waals surface area contributed by atoms with Crippen LogP contribution in [0.4, 0.5) is 17.1 Å². The molecule has 0 spiro atoms. The molecule has 6 rings (SSSR count). The summed E-state index contributed by atoms with van der Waals surface area (Å²) in [5, 5.41) is 11.8. The van der Waals surface area contributed by atoms with Gasteiger partial charge in [0.2, 0.25) is 5.91 Å². The number of carbonyl (C=O) groups is 1. The maximum absolute atomic E-state index is 13.5. The van der Waals surface area contributed by atoms with Crippen LogP contribution in [0.15, 0.2) is 88.9 Å². The zero-order valence-corrected chi connectivity index (χ0v) is 21.8. The summed E-state index contributed by atoms with van der Waals surface area (Å²) < 4.78 is 3.37. The second-order valence-corrected chi connectivity index (χ2v) is 10.4. The Morgan fingerprint density at radius 2 is 1.74 bits per heavy atom. The van der Waals surface area contributed by atoms with Crippen LogP contribution in [0.1, 0.15) is 23.6 Å². The minimum absolute atomic E-state index is 0.148. The van der Waals surface area contributed by atoms with Gasteiger partial charge in [-0.25, -0.2) is 9.67 Å². The van der Waals surface area contributed by atoms with E-state index in [4.69, 9.17) is 4.98 Å². The van der Waals surface area contributed by atoms with Crippen LogP contribution in [0.2, 0.25) is 0 Å². The first-order valence-corrected chi connectivity index (χ1v) is 13.4. The standard InChI is InChI=1S/C29H26N6O2S/c1-18-8-13-25(19(2)14-18)35-27-24(16-30-35)28(37)34-23(17-38-29(34)33-27)15-26(36)32-22-11-9-21(10-12-22)31-20-6-4-3-5-7-20/h3-14,16,23,31H,15,17H2,1-2H3,(H,32,36). The molecule has 1 unspecified atom stereocenters. The lowest BCUT2D eigenvalue weighted by Gasteiger charge is -2.14. The van der Waals surface area contributed by atoms with Gasteiger partial charge < -0.3 is 10.6 Å². The first-order chi connectivity index (χ1) is 18.5. The number of thioether (sulfide) groups is 1. The topological polar surface area (TPSA) is 93.8 Å². The molecule has 8 nitrogen and oxygen atoms in total. The molecule has 0 bridgehead atoms. The van der Waals surface area contributed by atoms with E-state index in [0.29, 0.717) is 27.6 Å². The highest BCUT2D eigenvalue weighted by Gasteiger charge is 2.29. The molecule has 0 saturated heterocycles. The summed E-state index contributed by atoms with van der Waals surface area (Å²) in [4.78, 5) is 31.1. The second-order valence-electron chi connectivity index (χ2n) is 9.44. The van der Waals surface area contributed by atoms with Crippen molar-refractivity contribution in [3.05, 3.63) is 100 Å². The van der Waals surface area contributed by atoms with Gasteiger partial charge >= 0.3 is 0 Å². The Labute approximate surface area is 223 Å². The molecule has 38 heavy (non-hydrogen) atoms. The molecule has 1 aliphatic heterocycles. The number of anilines is 3. The Kier molecular flexibility index (Phi) is 6.21. The number of aryl methyl sites for hydroxylation is 2. The molecule has 0 fully saturated rings. The minimum Gasteiger partial charge on any atom is -0.356 e. The molecule has 3 heterocycles. The summed E-state index contributed by atoms with van der Waals surface area (Å²) in [7, 11) is 0. The third-order valence-corrected chi connectivity index (χ3v) is 7.70. The normalized spacial score (nSPS) is 14.4. The van der Waals surface area contributed by atoms with E-state index >= 15 is 0 Å². The molecule has 9 heteroatoms. The van der Waals surface area contributed by atoms with Crippen molar-refractivity contribution in [3.63, 3.8) is 0 Å². The molecule has 1 aliphatic rings. The number of aromatic nitrogens is 4. The lowest BCUT2D eigenvalue weighted by Crippen LogP contribution is -2.27. The minimum atomic E-state index is -0.275. The van der Waals surface area contributed by atoms with Crippen molar-refractivity contribution >= 4 is 45.8 Å². The van der Waals surface area contributed by atoms with E-state index in [0.717, 1.165) is 28.2 Å². The number of rotatable bonds is 6. The molecule has 1 amide bonds. The predicted molar refractivity (Wildman–Crippen MR) is 152 cm³/mol. The van der Waals surface area contributed by atoms with E-state index in [1.54, 1.807) is 15.4 Å². The van der Waals surface area contributed by atoms with Gasteiger partial charge in [0.1, 0.15) is 5.39 Å². The van der Waals surface area contributed by atoms with Gasteiger partial charge in [-0.15, -0.1) is 0 Å².